The Balaban J connectivity index is 2.20. The lowest BCUT2D eigenvalue weighted by atomic mass is 10.2. The van der Waals surface area contributed by atoms with Crippen molar-refractivity contribution < 1.29 is 4.92 Å². The number of nitro benzene ring substituents is 1. The number of nitrogens with one attached hydrogen (secondary N) is 1. The summed E-state index contributed by atoms with van der Waals surface area (Å²) < 4.78 is 1.69. The minimum absolute atomic E-state index is 0.124. The van der Waals surface area contributed by atoms with Crippen molar-refractivity contribution in [3.63, 3.8) is 0 Å². The average Bonchev–Trinajstić information content (AvgIpc) is 2.52. The van der Waals surface area contributed by atoms with Gasteiger partial charge in [0.2, 0.25) is 0 Å². The number of benzene rings is 2. The first kappa shape index (κ1) is 14.2. The van der Waals surface area contributed by atoms with Crippen LogP contribution in [0.15, 0.2) is 53.3 Å². The number of fused-ring (bicyclic) bond motifs is 1. The number of nitro groups is 1. The second-order valence-corrected chi connectivity index (χ2v) is 5.18. The van der Waals surface area contributed by atoms with E-state index >= 15 is 0 Å². The van der Waals surface area contributed by atoms with Crippen molar-refractivity contribution in [1.29, 1.82) is 0 Å². The van der Waals surface area contributed by atoms with Gasteiger partial charge < -0.3 is 4.98 Å². The second-order valence-electron chi connectivity index (χ2n) is 4.79. The molecule has 0 aliphatic rings. The van der Waals surface area contributed by atoms with Gasteiger partial charge in [-0.15, -0.1) is 0 Å². The Labute approximate surface area is 129 Å². The molecule has 110 valence electrons. The third kappa shape index (κ3) is 2.53. The molecule has 0 aliphatic carbocycles. The molecule has 0 unspecified atom stereocenters. The molecule has 0 bridgehead atoms. The lowest BCUT2D eigenvalue weighted by molar-refractivity contribution is -0.384. The molecule has 0 fully saturated rings. The number of hydrogen-bond acceptors (Lipinski definition) is 4. The van der Waals surface area contributed by atoms with E-state index in [0.29, 0.717) is 12.1 Å². The summed E-state index contributed by atoms with van der Waals surface area (Å²) in [6.45, 7) is 0.313. The molecule has 0 saturated carbocycles. The number of non-ortho nitro benzene ring substituents is 1. The highest BCUT2D eigenvalue weighted by molar-refractivity contribution is 7.71. The topological polar surface area (TPSA) is 80.9 Å². The number of nitrogens with zero attached hydrogens (tertiary/aromatic N) is 2. The molecule has 22 heavy (non-hydrogen) atoms. The van der Waals surface area contributed by atoms with E-state index in [1.807, 2.05) is 30.3 Å². The maximum atomic E-state index is 12.6. The van der Waals surface area contributed by atoms with Crippen LogP contribution >= 0.6 is 12.2 Å². The first-order valence-electron chi connectivity index (χ1n) is 6.51. The molecule has 0 spiro atoms. The highest BCUT2D eigenvalue weighted by Crippen LogP contribution is 2.16. The number of rotatable bonds is 3. The summed E-state index contributed by atoms with van der Waals surface area (Å²) in [5.41, 5.74) is 0.950. The molecule has 0 aliphatic heterocycles. The predicted molar refractivity (Wildman–Crippen MR) is 85.6 cm³/mol. The fraction of sp³-hybridized carbons (Fsp3) is 0.0667. The Kier molecular flexibility index (Phi) is 3.56. The van der Waals surface area contributed by atoms with E-state index < -0.39 is 4.92 Å². The van der Waals surface area contributed by atoms with E-state index in [-0.39, 0.29) is 21.4 Å². The highest BCUT2D eigenvalue weighted by Gasteiger charge is 2.11. The molecule has 7 heteroatoms. The zero-order valence-corrected chi connectivity index (χ0v) is 12.2. The van der Waals surface area contributed by atoms with Crippen molar-refractivity contribution in [3.05, 3.63) is 79.3 Å². The third-order valence-electron chi connectivity index (χ3n) is 3.36. The van der Waals surface area contributed by atoms with Crippen molar-refractivity contribution in [1.82, 2.24) is 9.55 Å². The first-order valence-corrected chi connectivity index (χ1v) is 6.92. The van der Waals surface area contributed by atoms with Crippen LogP contribution in [0.25, 0.3) is 10.9 Å². The Hall–Kier alpha value is -2.80. The fourth-order valence-corrected chi connectivity index (χ4v) is 2.52. The molecule has 0 amide bonds. The molecule has 3 rings (SSSR count). The number of aromatic nitrogens is 2. The van der Waals surface area contributed by atoms with Crippen LogP contribution in [0.1, 0.15) is 5.56 Å². The molecule has 2 aromatic carbocycles. The minimum atomic E-state index is -0.526. The van der Waals surface area contributed by atoms with Crippen LogP contribution in [0.3, 0.4) is 0 Å². The van der Waals surface area contributed by atoms with Crippen molar-refractivity contribution in [3.8, 4) is 0 Å². The van der Waals surface area contributed by atoms with Crippen LogP contribution in [0.2, 0.25) is 0 Å². The van der Waals surface area contributed by atoms with E-state index in [1.165, 1.54) is 22.8 Å². The molecule has 0 radical (unpaired) electrons. The molecular weight excluding hydrogens is 302 g/mol. The lowest BCUT2D eigenvalue weighted by Gasteiger charge is -2.08. The molecule has 1 heterocycles. The van der Waals surface area contributed by atoms with Crippen molar-refractivity contribution in [2.75, 3.05) is 0 Å². The Morgan fingerprint density at radius 3 is 2.59 bits per heavy atom. The van der Waals surface area contributed by atoms with Gasteiger partial charge in [0.25, 0.3) is 11.2 Å². The van der Waals surface area contributed by atoms with Gasteiger partial charge in [-0.25, -0.2) is 0 Å². The Morgan fingerprint density at radius 2 is 1.91 bits per heavy atom. The van der Waals surface area contributed by atoms with Crippen LogP contribution < -0.4 is 5.56 Å². The Bertz CT molecular complexity index is 977. The van der Waals surface area contributed by atoms with E-state index in [0.717, 1.165) is 5.56 Å². The summed E-state index contributed by atoms with van der Waals surface area (Å²) in [5, 5.41) is 11.1. The summed E-state index contributed by atoms with van der Waals surface area (Å²) in [5.74, 6) is 0. The largest absolute Gasteiger partial charge is 0.332 e. The summed E-state index contributed by atoms with van der Waals surface area (Å²) in [6.07, 6.45) is 0. The van der Waals surface area contributed by atoms with Crippen LogP contribution in [0.5, 0.6) is 0 Å². The van der Waals surface area contributed by atoms with Gasteiger partial charge in [0.15, 0.2) is 4.77 Å². The quantitative estimate of drug-likeness (QED) is 0.458. The normalized spacial score (nSPS) is 10.7. The van der Waals surface area contributed by atoms with E-state index in [9.17, 15) is 14.9 Å². The zero-order valence-electron chi connectivity index (χ0n) is 11.4. The summed E-state index contributed by atoms with van der Waals surface area (Å²) >= 11 is 5.22. The van der Waals surface area contributed by atoms with Gasteiger partial charge in [0.05, 0.1) is 22.4 Å². The van der Waals surface area contributed by atoms with Gasteiger partial charge in [0.1, 0.15) is 0 Å². The summed E-state index contributed by atoms with van der Waals surface area (Å²) in [7, 11) is 0. The van der Waals surface area contributed by atoms with Crippen LogP contribution in [0, 0.1) is 14.9 Å². The SMILES string of the molecule is O=c1c2cc([N+](=O)[O-])ccc2[nH]c(=S)n1Cc1ccccc1. The van der Waals surface area contributed by atoms with E-state index in [4.69, 9.17) is 12.2 Å². The van der Waals surface area contributed by atoms with E-state index in [2.05, 4.69) is 4.98 Å². The standard InChI is InChI=1S/C15H11N3O3S/c19-14-12-8-11(18(20)21)6-7-13(12)16-15(22)17(14)9-10-4-2-1-3-5-10/h1-8H,9H2,(H,16,22). The maximum absolute atomic E-state index is 12.6. The van der Waals surface area contributed by atoms with Gasteiger partial charge in [-0.05, 0) is 23.8 Å². The molecular formula is C15H11N3O3S. The molecule has 3 aromatic rings. The highest BCUT2D eigenvalue weighted by atomic mass is 32.1. The monoisotopic (exact) mass is 313 g/mol. The van der Waals surface area contributed by atoms with E-state index in [1.54, 1.807) is 0 Å². The van der Waals surface area contributed by atoms with Gasteiger partial charge in [-0.3, -0.25) is 19.5 Å². The molecule has 0 saturated heterocycles. The van der Waals surface area contributed by atoms with Crippen molar-refractivity contribution >= 4 is 28.8 Å². The molecule has 0 atom stereocenters. The van der Waals surface area contributed by atoms with Crippen molar-refractivity contribution in [2.45, 2.75) is 6.54 Å². The zero-order chi connectivity index (χ0) is 15.7. The summed E-state index contributed by atoms with van der Waals surface area (Å²) in [4.78, 5) is 25.9. The molecule has 1 N–H and O–H groups in total. The van der Waals surface area contributed by atoms with Gasteiger partial charge in [-0.2, -0.15) is 0 Å². The fourth-order valence-electron chi connectivity index (χ4n) is 2.26. The van der Waals surface area contributed by atoms with Crippen LogP contribution in [-0.2, 0) is 6.54 Å². The van der Waals surface area contributed by atoms with Crippen molar-refractivity contribution in [2.24, 2.45) is 0 Å². The number of aromatic amines is 1. The average molecular weight is 313 g/mol. The number of H-pyrrole nitrogens is 1. The predicted octanol–water partition coefficient (Wildman–Crippen LogP) is 3.02. The minimum Gasteiger partial charge on any atom is -0.332 e. The number of hydrogen-bond donors (Lipinski definition) is 1. The second kappa shape index (κ2) is 5.53. The smallest absolute Gasteiger partial charge is 0.270 e. The van der Waals surface area contributed by atoms with Crippen LogP contribution in [0.4, 0.5) is 5.69 Å². The van der Waals surface area contributed by atoms with Gasteiger partial charge in [-0.1, -0.05) is 30.3 Å². The Morgan fingerprint density at radius 1 is 1.18 bits per heavy atom. The lowest BCUT2D eigenvalue weighted by Crippen LogP contribution is -2.22. The maximum Gasteiger partial charge on any atom is 0.270 e. The summed E-state index contributed by atoms with van der Waals surface area (Å²) in [6, 6.07) is 13.5. The first-order chi connectivity index (χ1) is 10.6. The molecule has 6 nitrogen and oxygen atoms in total. The molecule has 1 aromatic heterocycles. The van der Waals surface area contributed by atoms with Crippen LogP contribution in [-0.4, -0.2) is 14.5 Å². The van der Waals surface area contributed by atoms with Gasteiger partial charge >= 0.3 is 0 Å². The third-order valence-corrected chi connectivity index (χ3v) is 3.68. The van der Waals surface area contributed by atoms with Gasteiger partial charge in [0, 0.05) is 12.1 Å².